The molecule has 2 rings (SSSR count). The number of hydrogen-bond donors (Lipinski definition) is 1. The number of halogens is 1. The lowest BCUT2D eigenvalue weighted by Gasteiger charge is -2.37. The van der Waals surface area contributed by atoms with Crippen molar-refractivity contribution in [2.45, 2.75) is 26.3 Å². The number of nitrogens with one attached hydrogen (secondary N) is 1. The number of thiocarbonyl (C=S) groups is 1. The van der Waals surface area contributed by atoms with Gasteiger partial charge in [0.25, 0.3) is 5.69 Å². The fourth-order valence-corrected chi connectivity index (χ4v) is 3.57. The zero-order chi connectivity index (χ0) is 20.8. The van der Waals surface area contributed by atoms with Gasteiger partial charge in [-0.3, -0.25) is 10.1 Å². The Morgan fingerprint density at radius 2 is 2.18 bits per heavy atom. The Labute approximate surface area is 173 Å². The molecule has 0 aliphatic carbocycles. The van der Waals surface area contributed by atoms with E-state index in [0.717, 1.165) is 0 Å². The first-order chi connectivity index (χ1) is 13.3. The Bertz CT molecular complexity index is 814. The molecule has 1 unspecified atom stereocenters. The van der Waals surface area contributed by atoms with E-state index in [1.165, 1.54) is 25.3 Å². The first-order valence-electron chi connectivity index (χ1n) is 8.70. The highest BCUT2D eigenvalue weighted by Gasteiger charge is 2.36. The first kappa shape index (κ1) is 22.1. The molecule has 0 radical (unpaired) electrons. The number of nitro groups is 1. The highest BCUT2D eigenvalue weighted by atomic mass is 35.5. The standard InChI is InChI=1S/C18H22ClN3O5S/c1-4-27-9-5-8-21-11(2)15(17(23)26-3)16(20-18(21)28)13-10-12(22(24)25)6-7-14(13)19/h6-7,10,16H,4-5,8-9H2,1-3H3,(H,20,28). The van der Waals surface area contributed by atoms with Crippen LogP contribution in [0.5, 0.6) is 0 Å². The van der Waals surface area contributed by atoms with Crippen molar-refractivity contribution in [2.75, 3.05) is 26.9 Å². The van der Waals surface area contributed by atoms with Gasteiger partial charge in [0.15, 0.2) is 5.11 Å². The van der Waals surface area contributed by atoms with E-state index < -0.39 is 16.9 Å². The van der Waals surface area contributed by atoms with Crippen LogP contribution in [0, 0.1) is 10.1 Å². The van der Waals surface area contributed by atoms with Crippen LogP contribution >= 0.6 is 23.8 Å². The highest BCUT2D eigenvalue weighted by Crippen LogP contribution is 2.36. The normalized spacial score (nSPS) is 16.8. The van der Waals surface area contributed by atoms with Gasteiger partial charge in [-0.25, -0.2) is 4.79 Å². The van der Waals surface area contributed by atoms with Crippen molar-refractivity contribution < 1.29 is 19.2 Å². The number of methoxy groups -OCH3 is 1. The molecule has 1 atom stereocenters. The summed E-state index contributed by atoms with van der Waals surface area (Å²) >= 11 is 11.8. The minimum absolute atomic E-state index is 0.131. The second kappa shape index (κ2) is 9.81. The topological polar surface area (TPSA) is 93.9 Å². The number of nitro benzene ring substituents is 1. The molecule has 1 heterocycles. The summed E-state index contributed by atoms with van der Waals surface area (Å²) in [5.74, 6) is -0.560. The summed E-state index contributed by atoms with van der Waals surface area (Å²) in [6.45, 7) is 5.42. The van der Waals surface area contributed by atoms with E-state index in [2.05, 4.69) is 5.32 Å². The van der Waals surface area contributed by atoms with Gasteiger partial charge in [0.05, 0.1) is 23.6 Å². The lowest BCUT2D eigenvalue weighted by atomic mass is 9.94. The molecular weight excluding hydrogens is 406 g/mol. The molecule has 0 bridgehead atoms. The Hall–Kier alpha value is -2.23. The van der Waals surface area contributed by atoms with Crippen LogP contribution in [0.4, 0.5) is 5.69 Å². The molecule has 8 nitrogen and oxygen atoms in total. The summed E-state index contributed by atoms with van der Waals surface area (Å²) in [5, 5.41) is 14.9. The molecular formula is C18H22ClN3O5S. The number of esters is 1. The van der Waals surface area contributed by atoms with Crippen molar-refractivity contribution in [3.8, 4) is 0 Å². The molecule has 1 aromatic rings. The van der Waals surface area contributed by atoms with Crippen LogP contribution in [0.25, 0.3) is 0 Å². The summed E-state index contributed by atoms with van der Waals surface area (Å²) in [6.07, 6.45) is 0.712. The monoisotopic (exact) mass is 427 g/mol. The molecule has 0 amide bonds. The summed E-state index contributed by atoms with van der Waals surface area (Å²) < 4.78 is 10.3. The van der Waals surface area contributed by atoms with Crippen molar-refractivity contribution in [2.24, 2.45) is 0 Å². The van der Waals surface area contributed by atoms with E-state index in [0.29, 0.717) is 48.1 Å². The van der Waals surface area contributed by atoms with E-state index in [-0.39, 0.29) is 10.7 Å². The number of ether oxygens (including phenoxy) is 2. The number of non-ortho nitro benzene ring substituents is 1. The van der Waals surface area contributed by atoms with Crippen molar-refractivity contribution in [3.05, 3.63) is 50.2 Å². The van der Waals surface area contributed by atoms with E-state index >= 15 is 0 Å². The zero-order valence-electron chi connectivity index (χ0n) is 15.9. The average Bonchev–Trinajstić information content (AvgIpc) is 2.66. The lowest BCUT2D eigenvalue weighted by Crippen LogP contribution is -2.48. The molecule has 10 heteroatoms. The van der Waals surface area contributed by atoms with Gasteiger partial charge in [-0.2, -0.15) is 0 Å². The third-order valence-corrected chi connectivity index (χ3v) is 5.06. The quantitative estimate of drug-likeness (QED) is 0.222. The summed E-state index contributed by atoms with van der Waals surface area (Å²) in [4.78, 5) is 25.0. The van der Waals surface area contributed by atoms with Crippen LogP contribution in [0.1, 0.15) is 31.9 Å². The summed E-state index contributed by atoms with van der Waals surface area (Å²) in [7, 11) is 1.28. The molecule has 0 fully saturated rings. The predicted molar refractivity (Wildman–Crippen MR) is 109 cm³/mol. The molecule has 1 aliphatic heterocycles. The molecule has 1 aromatic carbocycles. The second-order valence-electron chi connectivity index (χ2n) is 6.04. The zero-order valence-corrected chi connectivity index (χ0v) is 17.4. The Morgan fingerprint density at radius 3 is 2.79 bits per heavy atom. The summed E-state index contributed by atoms with van der Waals surface area (Å²) in [6, 6.07) is 3.32. The third-order valence-electron chi connectivity index (χ3n) is 4.38. The second-order valence-corrected chi connectivity index (χ2v) is 6.83. The van der Waals surface area contributed by atoms with Gasteiger partial charge in [-0.1, -0.05) is 11.6 Å². The predicted octanol–water partition coefficient (Wildman–Crippen LogP) is 3.35. The van der Waals surface area contributed by atoms with E-state index in [1.807, 2.05) is 6.92 Å². The number of hydrogen-bond acceptors (Lipinski definition) is 6. The molecule has 0 saturated heterocycles. The molecule has 1 aliphatic rings. The lowest BCUT2D eigenvalue weighted by molar-refractivity contribution is -0.384. The smallest absolute Gasteiger partial charge is 0.337 e. The van der Waals surface area contributed by atoms with Crippen molar-refractivity contribution in [3.63, 3.8) is 0 Å². The average molecular weight is 428 g/mol. The number of benzene rings is 1. The number of carbonyl (C=O) groups excluding carboxylic acids is 1. The van der Waals surface area contributed by atoms with Crippen molar-refractivity contribution >= 4 is 40.6 Å². The third kappa shape index (κ3) is 4.78. The van der Waals surface area contributed by atoms with E-state index in [4.69, 9.17) is 33.3 Å². The van der Waals surface area contributed by atoms with Gasteiger partial charge in [-0.05, 0) is 38.6 Å². The molecule has 28 heavy (non-hydrogen) atoms. The SMILES string of the molecule is CCOCCCN1C(=S)NC(c2cc([N+](=O)[O-])ccc2Cl)C(C(=O)OC)=C1C. The minimum atomic E-state index is -0.754. The molecule has 0 spiro atoms. The first-order valence-corrected chi connectivity index (χ1v) is 9.49. The molecule has 0 aromatic heterocycles. The summed E-state index contributed by atoms with van der Waals surface area (Å²) in [5.41, 5.74) is 1.16. The van der Waals surface area contributed by atoms with Crippen LogP contribution in [0.15, 0.2) is 29.5 Å². The number of rotatable bonds is 8. The van der Waals surface area contributed by atoms with Gasteiger partial charge in [0.1, 0.15) is 0 Å². The Kier molecular flexibility index (Phi) is 7.73. The maximum absolute atomic E-state index is 12.5. The van der Waals surface area contributed by atoms with Crippen LogP contribution in [0.3, 0.4) is 0 Å². The van der Waals surface area contributed by atoms with Gasteiger partial charge in [-0.15, -0.1) is 0 Å². The molecule has 0 saturated carbocycles. The maximum Gasteiger partial charge on any atom is 0.337 e. The van der Waals surface area contributed by atoms with E-state index in [9.17, 15) is 14.9 Å². The molecule has 1 N–H and O–H groups in total. The fraction of sp³-hybridized carbons (Fsp3) is 0.444. The Balaban J connectivity index is 2.46. The van der Waals surface area contributed by atoms with Crippen molar-refractivity contribution in [1.29, 1.82) is 0 Å². The number of nitrogens with zero attached hydrogens (tertiary/aromatic N) is 2. The maximum atomic E-state index is 12.5. The van der Waals surface area contributed by atoms with Gasteiger partial charge >= 0.3 is 5.97 Å². The number of carbonyl (C=O) groups is 1. The Morgan fingerprint density at radius 1 is 1.46 bits per heavy atom. The highest BCUT2D eigenvalue weighted by molar-refractivity contribution is 7.80. The van der Waals surface area contributed by atoms with Crippen LogP contribution in [-0.4, -0.2) is 47.8 Å². The van der Waals surface area contributed by atoms with Crippen LogP contribution < -0.4 is 5.32 Å². The largest absolute Gasteiger partial charge is 0.466 e. The van der Waals surface area contributed by atoms with E-state index in [1.54, 1.807) is 11.8 Å². The van der Waals surface area contributed by atoms with Gasteiger partial charge in [0.2, 0.25) is 0 Å². The van der Waals surface area contributed by atoms with Crippen LogP contribution in [0.2, 0.25) is 5.02 Å². The van der Waals surface area contributed by atoms with Gasteiger partial charge < -0.3 is 19.7 Å². The van der Waals surface area contributed by atoms with Crippen LogP contribution in [-0.2, 0) is 14.3 Å². The number of allylic oxidation sites excluding steroid dienone is 1. The van der Waals surface area contributed by atoms with Crippen molar-refractivity contribution in [1.82, 2.24) is 10.2 Å². The minimum Gasteiger partial charge on any atom is -0.466 e. The fourth-order valence-electron chi connectivity index (χ4n) is 2.99. The molecule has 152 valence electrons. The van der Waals surface area contributed by atoms with Gasteiger partial charge in [0, 0.05) is 48.2 Å².